The van der Waals surface area contributed by atoms with Crippen LogP contribution >= 0.6 is 22.9 Å². The molecule has 0 spiro atoms. The van der Waals surface area contributed by atoms with E-state index >= 15 is 0 Å². The fraction of sp³-hybridized carbons (Fsp3) is 0.0714. The van der Waals surface area contributed by atoms with Gasteiger partial charge in [0, 0.05) is 22.3 Å². The Bertz CT molecular complexity index is 790. The summed E-state index contributed by atoms with van der Waals surface area (Å²) < 4.78 is 0. The van der Waals surface area contributed by atoms with Crippen molar-refractivity contribution in [3.05, 3.63) is 46.7 Å². The summed E-state index contributed by atoms with van der Waals surface area (Å²) in [6.07, 6.45) is 3.15. The summed E-state index contributed by atoms with van der Waals surface area (Å²) in [4.78, 5) is 12.5. The van der Waals surface area contributed by atoms with Crippen molar-refractivity contribution in [2.24, 2.45) is 0 Å². The minimum absolute atomic E-state index is 0.423. The fourth-order valence-electron chi connectivity index (χ4n) is 1.88. The quantitative estimate of drug-likeness (QED) is 0.670. The highest BCUT2D eigenvalue weighted by molar-refractivity contribution is 7.13. The van der Waals surface area contributed by atoms with Crippen LogP contribution in [0.5, 0.6) is 0 Å². The third-order valence-corrected chi connectivity index (χ3v) is 3.91. The molecule has 0 bridgehead atoms. The van der Waals surface area contributed by atoms with Crippen LogP contribution in [0.1, 0.15) is 5.56 Å². The van der Waals surface area contributed by atoms with Gasteiger partial charge in [-0.15, -0.1) is 11.3 Å². The van der Waals surface area contributed by atoms with E-state index in [0.717, 1.165) is 16.4 Å². The maximum absolute atomic E-state index is 6.13. The summed E-state index contributed by atoms with van der Waals surface area (Å²) in [5, 5.41) is 9.55. The Hall–Kier alpha value is -2.38. The van der Waals surface area contributed by atoms with Gasteiger partial charge in [-0.05, 0) is 30.7 Å². The number of thiazole rings is 1. The third-order valence-electron chi connectivity index (χ3n) is 2.98. The number of benzene rings is 1. The fourth-order valence-corrected chi connectivity index (χ4v) is 2.63. The monoisotopic (exact) mass is 332 g/mol. The number of nitrogens with two attached hydrogens (primary N) is 1. The van der Waals surface area contributed by atoms with Gasteiger partial charge in [-0.25, -0.2) is 15.0 Å². The number of aromatic nitrogens is 3. The van der Waals surface area contributed by atoms with Gasteiger partial charge in [0.2, 0.25) is 0 Å². The molecule has 4 N–H and O–H groups in total. The van der Waals surface area contributed by atoms with E-state index in [1.807, 2.05) is 30.5 Å². The number of hydrogen-bond acceptors (Lipinski definition) is 7. The van der Waals surface area contributed by atoms with Crippen molar-refractivity contribution in [1.29, 1.82) is 0 Å². The number of rotatable bonds is 4. The van der Waals surface area contributed by atoms with E-state index in [1.165, 1.54) is 17.7 Å². The molecule has 0 aliphatic carbocycles. The molecule has 3 rings (SSSR count). The van der Waals surface area contributed by atoms with E-state index in [4.69, 9.17) is 17.3 Å². The number of nitrogens with zero attached hydrogens (tertiary/aromatic N) is 3. The first-order valence-corrected chi connectivity index (χ1v) is 7.69. The molecule has 3 aromatic rings. The van der Waals surface area contributed by atoms with Gasteiger partial charge in [0.1, 0.15) is 12.0 Å². The van der Waals surface area contributed by atoms with Crippen LogP contribution < -0.4 is 16.4 Å². The van der Waals surface area contributed by atoms with Gasteiger partial charge in [0.05, 0.1) is 0 Å². The molecule has 0 saturated carbocycles. The highest BCUT2D eigenvalue weighted by Gasteiger charge is 2.10. The van der Waals surface area contributed by atoms with Crippen LogP contribution in [-0.4, -0.2) is 15.0 Å². The normalized spacial score (nSPS) is 10.5. The zero-order valence-electron chi connectivity index (χ0n) is 11.7. The predicted octanol–water partition coefficient (Wildman–Crippen LogP) is 3.96. The van der Waals surface area contributed by atoms with Crippen LogP contribution in [0.3, 0.4) is 0 Å². The summed E-state index contributed by atoms with van der Waals surface area (Å²) >= 11 is 7.43. The SMILES string of the molecule is Cc1cc(Cl)ccc1Nc1ncnc(Nc2nccs2)c1N. The van der Waals surface area contributed by atoms with E-state index in [2.05, 4.69) is 25.6 Å². The molecule has 0 unspecified atom stereocenters. The first-order valence-electron chi connectivity index (χ1n) is 6.43. The largest absolute Gasteiger partial charge is 0.393 e. The summed E-state index contributed by atoms with van der Waals surface area (Å²) in [6.45, 7) is 1.96. The van der Waals surface area contributed by atoms with E-state index in [0.29, 0.717) is 22.3 Å². The lowest BCUT2D eigenvalue weighted by atomic mass is 10.2. The molecule has 0 fully saturated rings. The second-order valence-corrected chi connectivity index (χ2v) is 5.86. The molecular formula is C14H13ClN6S. The molecule has 0 saturated heterocycles. The molecule has 112 valence electrons. The molecule has 1 aromatic carbocycles. The Balaban J connectivity index is 1.88. The van der Waals surface area contributed by atoms with Gasteiger partial charge in [0.15, 0.2) is 16.8 Å². The number of nitrogens with one attached hydrogen (secondary N) is 2. The minimum atomic E-state index is 0.423. The first kappa shape index (κ1) is 14.6. The van der Waals surface area contributed by atoms with Crippen molar-refractivity contribution in [2.45, 2.75) is 6.92 Å². The van der Waals surface area contributed by atoms with E-state index in [-0.39, 0.29) is 0 Å². The molecule has 0 atom stereocenters. The maximum atomic E-state index is 6.13. The van der Waals surface area contributed by atoms with Crippen LogP contribution in [0.15, 0.2) is 36.1 Å². The molecule has 0 aliphatic rings. The predicted molar refractivity (Wildman–Crippen MR) is 91.3 cm³/mol. The van der Waals surface area contributed by atoms with Gasteiger partial charge >= 0.3 is 0 Å². The van der Waals surface area contributed by atoms with Crippen LogP contribution in [-0.2, 0) is 0 Å². The van der Waals surface area contributed by atoms with E-state index in [1.54, 1.807) is 6.20 Å². The van der Waals surface area contributed by atoms with E-state index in [9.17, 15) is 0 Å². The maximum Gasteiger partial charge on any atom is 0.188 e. The van der Waals surface area contributed by atoms with Crippen LogP contribution in [0.2, 0.25) is 5.02 Å². The minimum Gasteiger partial charge on any atom is -0.393 e. The molecule has 2 heterocycles. The van der Waals surface area contributed by atoms with Crippen LogP contribution in [0.4, 0.5) is 28.1 Å². The Labute approximate surface area is 136 Å². The van der Waals surface area contributed by atoms with Crippen LogP contribution in [0.25, 0.3) is 0 Å². The summed E-state index contributed by atoms with van der Waals surface area (Å²) in [6, 6.07) is 5.56. The van der Waals surface area contributed by atoms with Crippen molar-refractivity contribution in [3.8, 4) is 0 Å². The lowest BCUT2D eigenvalue weighted by molar-refractivity contribution is 1.17. The number of aryl methyl sites for hydroxylation is 1. The van der Waals surface area contributed by atoms with Crippen molar-refractivity contribution >= 4 is 51.1 Å². The molecule has 0 amide bonds. The number of anilines is 5. The molecule has 0 aliphatic heterocycles. The molecule has 22 heavy (non-hydrogen) atoms. The molecule has 0 radical (unpaired) electrons. The van der Waals surface area contributed by atoms with Crippen LogP contribution in [0, 0.1) is 6.92 Å². The Kier molecular flexibility index (Phi) is 4.08. The van der Waals surface area contributed by atoms with Gasteiger partial charge in [-0.3, -0.25) is 0 Å². The number of hydrogen-bond donors (Lipinski definition) is 3. The highest BCUT2D eigenvalue weighted by Crippen LogP contribution is 2.30. The average Bonchev–Trinajstić information content (AvgIpc) is 2.99. The van der Waals surface area contributed by atoms with Crippen molar-refractivity contribution < 1.29 is 0 Å². The molecular weight excluding hydrogens is 320 g/mol. The Morgan fingerprint density at radius 1 is 1.14 bits per heavy atom. The van der Waals surface area contributed by atoms with Crippen molar-refractivity contribution in [2.75, 3.05) is 16.4 Å². The van der Waals surface area contributed by atoms with Crippen molar-refractivity contribution in [1.82, 2.24) is 15.0 Å². The highest BCUT2D eigenvalue weighted by atomic mass is 35.5. The van der Waals surface area contributed by atoms with Gasteiger partial charge < -0.3 is 16.4 Å². The first-order chi connectivity index (χ1) is 10.6. The third kappa shape index (κ3) is 3.10. The van der Waals surface area contributed by atoms with Crippen molar-refractivity contribution in [3.63, 3.8) is 0 Å². The zero-order chi connectivity index (χ0) is 15.5. The lowest BCUT2D eigenvalue weighted by Crippen LogP contribution is -2.05. The topological polar surface area (TPSA) is 88.8 Å². The second-order valence-electron chi connectivity index (χ2n) is 4.53. The lowest BCUT2D eigenvalue weighted by Gasteiger charge is -2.13. The summed E-state index contributed by atoms with van der Waals surface area (Å²) in [5.41, 5.74) is 8.44. The van der Waals surface area contributed by atoms with Gasteiger partial charge in [-0.2, -0.15) is 0 Å². The number of halogens is 1. The van der Waals surface area contributed by atoms with E-state index < -0.39 is 0 Å². The number of nitrogen functional groups attached to an aromatic ring is 1. The summed E-state index contributed by atoms with van der Waals surface area (Å²) in [7, 11) is 0. The molecule has 8 heteroatoms. The summed E-state index contributed by atoms with van der Waals surface area (Å²) in [5.74, 6) is 1.04. The van der Waals surface area contributed by atoms with Gasteiger partial charge in [0.25, 0.3) is 0 Å². The smallest absolute Gasteiger partial charge is 0.188 e. The Morgan fingerprint density at radius 3 is 2.59 bits per heavy atom. The van der Waals surface area contributed by atoms with Gasteiger partial charge in [-0.1, -0.05) is 11.6 Å². The zero-order valence-corrected chi connectivity index (χ0v) is 13.2. The molecule has 2 aromatic heterocycles. The Morgan fingerprint density at radius 2 is 1.91 bits per heavy atom. The standard InChI is InChI=1S/C14H13ClN6S/c1-8-6-9(15)2-3-10(8)20-12-11(16)13(19-7-18-12)21-14-17-4-5-22-14/h2-7H,16H2,1H3,(H2,17,18,19,20,21). The average molecular weight is 333 g/mol. The second kappa shape index (κ2) is 6.17. The molecule has 6 nitrogen and oxygen atoms in total.